The normalized spacial score (nSPS) is 23.7. The Kier molecular flexibility index (Phi) is 25.0. The minimum atomic E-state index is 0. The molecule has 0 saturated carbocycles. The van der Waals surface area contributed by atoms with Gasteiger partial charge in [0.15, 0.2) is 0 Å². The molecule has 1 rings (SSSR count). The van der Waals surface area contributed by atoms with Crippen molar-refractivity contribution in [2.24, 2.45) is 0 Å². The van der Waals surface area contributed by atoms with Crippen molar-refractivity contribution in [2.45, 2.75) is 62.2 Å². The Bertz CT molecular complexity index is 77.0. The summed E-state index contributed by atoms with van der Waals surface area (Å²) < 4.78 is 4.92. The van der Waals surface area contributed by atoms with E-state index in [-0.39, 0.29) is 22.3 Å². The standard InChI is InChI=1S/C4H8O.C4H8.3CH4/c1-3-4(2)5-3;1-3-4-2;;;/h3-4H,1-2H3;3-4H,1-2H3;3*1H4/b;4-3+;;;. The third kappa shape index (κ3) is 16.4. The molecule has 2 atom stereocenters. The number of rotatable bonds is 0. The van der Waals surface area contributed by atoms with Gasteiger partial charge in [-0.15, -0.1) is 0 Å². The molecule has 1 fully saturated rings. The van der Waals surface area contributed by atoms with E-state index in [0.29, 0.717) is 12.2 Å². The van der Waals surface area contributed by atoms with Crippen molar-refractivity contribution in [2.75, 3.05) is 0 Å². The summed E-state index contributed by atoms with van der Waals surface area (Å²) in [5.41, 5.74) is 0. The number of hydrogen-bond donors (Lipinski definition) is 0. The van der Waals surface area contributed by atoms with Crippen molar-refractivity contribution < 1.29 is 4.74 Å². The zero-order chi connectivity index (χ0) is 7.28. The maximum atomic E-state index is 4.92. The summed E-state index contributed by atoms with van der Waals surface area (Å²) in [5, 5.41) is 0. The van der Waals surface area contributed by atoms with Crippen LogP contribution in [-0.4, -0.2) is 12.2 Å². The molecule has 0 bridgehead atoms. The van der Waals surface area contributed by atoms with Gasteiger partial charge in [0.2, 0.25) is 0 Å². The molecule has 0 aromatic carbocycles. The molecule has 1 heteroatoms. The first kappa shape index (κ1) is 22.6. The lowest BCUT2D eigenvalue weighted by molar-refractivity contribution is 0.389. The summed E-state index contributed by atoms with van der Waals surface area (Å²) in [6, 6.07) is 0. The second kappa shape index (κ2) is 13.3. The largest absolute Gasteiger partial charge is 0.370 e. The molecule has 1 saturated heterocycles. The van der Waals surface area contributed by atoms with Crippen LogP contribution in [0.4, 0.5) is 0 Å². The summed E-state index contributed by atoms with van der Waals surface area (Å²) in [6.07, 6.45) is 5.10. The summed E-state index contributed by atoms with van der Waals surface area (Å²) in [6.45, 7) is 8.15. The molecule has 12 heavy (non-hydrogen) atoms. The zero-order valence-corrected chi connectivity index (χ0v) is 6.72. The molecule has 1 heterocycles. The summed E-state index contributed by atoms with van der Waals surface area (Å²) in [7, 11) is 0. The highest BCUT2D eigenvalue weighted by molar-refractivity contribution is 4.73. The van der Waals surface area contributed by atoms with Crippen molar-refractivity contribution in [3.8, 4) is 0 Å². The first-order valence-corrected chi connectivity index (χ1v) is 3.45. The van der Waals surface area contributed by atoms with E-state index in [1.807, 2.05) is 26.0 Å². The van der Waals surface area contributed by atoms with E-state index in [4.69, 9.17) is 4.74 Å². The molecule has 0 aromatic heterocycles. The molecular formula is C11H28O. The highest BCUT2D eigenvalue weighted by Crippen LogP contribution is 2.18. The van der Waals surface area contributed by atoms with Crippen LogP contribution in [0.1, 0.15) is 50.0 Å². The van der Waals surface area contributed by atoms with Gasteiger partial charge in [-0.1, -0.05) is 34.4 Å². The Morgan fingerprint density at radius 2 is 1.00 bits per heavy atom. The second-order valence-electron chi connectivity index (χ2n) is 2.21. The van der Waals surface area contributed by atoms with Crippen molar-refractivity contribution in [1.82, 2.24) is 0 Å². The van der Waals surface area contributed by atoms with Crippen LogP contribution in [0.25, 0.3) is 0 Å². The monoisotopic (exact) mass is 176 g/mol. The van der Waals surface area contributed by atoms with E-state index in [1.54, 1.807) is 0 Å². The van der Waals surface area contributed by atoms with Crippen LogP contribution >= 0.6 is 0 Å². The first-order chi connectivity index (χ1) is 4.22. The molecule has 0 radical (unpaired) electrons. The number of ether oxygens (including phenoxy) is 1. The highest BCUT2D eigenvalue weighted by atomic mass is 16.6. The van der Waals surface area contributed by atoms with Crippen molar-refractivity contribution in [1.29, 1.82) is 0 Å². The Balaban J connectivity index is -0.0000000436. The average molecular weight is 176 g/mol. The van der Waals surface area contributed by atoms with Gasteiger partial charge < -0.3 is 4.74 Å². The lowest BCUT2D eigenvalue weighted by Crippen LogP contribution is -1.74. The lowest BCUT2D eigenvalue weighted by Gasteiger charge is -1.57. The van der Waals surface area contributed by atoms with E-state index in [0.717, 1.165) is 0 Å². The SMILES string of the molecule is C.C.C.C/C=C/C.CC1OC1C. The fraction of sp³-hybridized carbons (Fsp3) is 0.818. The molecule has 0 amide bonds. The third-order valence-corrected chi connectivity index (χ3v) is 1.35. The van der Waals surface area contributed by atoms with Crippen molar-refractivity contribution in [3.05, 3.63) is 12.2 Å². The molecule has 1 aliphatic rings. The molecule has 2 unspecified atom stereocenters. The molecule has 0 N–H and O–H groups in total. The lowest BCUT2D eigenvalue weighted by atomic mass is 10.4. The van der Waals surface area contributed by atoms with E-state index >= 15 is 0 Å². The van der Waals surface area contributed by atoms with Crippen LogP contribution in [0.3, 0.4) is 0 Å². The summed E-state index contributed by atoms with van der Waals surface area (Å²) in [4.78, 5) is 0. The fourth-order valence-electron chi connectivity index (χ4n) is 0.293. The van der Waals surface area contributed by atoms with Crippen LogP contribution in [0.15, 0.2) is 12.2 Å². The smallest absolute Gasteiger partial charge is 0.0811 e. The predicted molar refractivity (Wildman–Crippen MR) is 60.7 cm³/mol. The quantitative estimate of drug-likeness (QED) is 0.396. The molecule has 1 aliphatic heterocycles. The number of allylic oxidation sites excluding steroid dienone is 2. The van der Waals surface area contributed by atoms with Gasteiger partial charge in [0.1, 0.15) is 0 Å². The maximum Gasteiger partial charge on any atom is 0.0811 e. The van der Waals surface area contributed by atoms with Crippen LogP contribution in [0.2, 0.25) is 0 Å². The van der Waals surface area contributed by atoms with Gasteiger partial charge in [-0.05, 0) is 27.7 Å². The Morgan fingerprint density at radius 3 is 1.00 bits per heavy atom. The Labute approximate surface area is 79.8 Å². The predicted octanol–water partition coefficient (Wildman–Crippen LogP) is 4.28. The van der Waals surface area contributed by atoms with Gasteiger partial charge in [-0.25, -0.2) is 0 Å². The van der Waals surface area contributed by atoms with E-state index in [1.165, 1.54) is 0 Å². The maximum absolute atomic E-state index is 4.92. The minimum absolute atomic E-state index is 0. The van der Waals surface area contributed by atoms with E-state index in [2.05, 4.69) is 13.8 Å². The van der Waals surface area contributed by atoms with Crippen LogP contribution in [0.5, 0.6) is 0 Å². The van der Waals surface area contributed by atoms with E-state index < -0.39 is 0 Å². The van der Waals surface area contributed by atoms with Gasteiger partial charge in [-0.2, -0.15) is 0 Å². The minimum Gasteiger partial charge on any atom is -0.370 e. The number of epoxide rings is 1. The molecule has 0 spiro atoms. The highest BCUT2D eigenvalue weighted by Gasteiger charge is 2.27. The van der Waals surface area contributed by atoms with Gasteiger partial charge in [0.25, 0.3) is 0 Å². The zero-order valence-electron chi connectivity index (χ0n) is 6.72. The Morgan fingerprint density at radius 1 is 0.833 bits per heavy atom. The van der Waals surface area contributed by atoms with Crippen LogP contribution < -0.4 is 0 Å². The van der Waals surface area contributed by atoms with Gasteiger partial charge in [0, 0.05) is 0 Å². The average Bonchev–Trinajstić information content (AvgIpc) is 2.47. The molecule has 0 aliphatic carbocycles. The van der Waals surface area contributed by atoms with E-state index in [9.17, 15) is 0 Å². The fourth-order valence-corrected chi connectivity index (χ4v) is 0.293. The molecule has 1 nitrogen and oxygen atoms in total. The summed E-state index contributed by atoms with van der Waals surface area (Å²) >= 11 is 0. The second-order valence-corrected chi connectivity index (χ2v) is 2.21. The van der Waals surface area contributed by atoms with Gasteiger partial charge >= 0.3 is 0 Å². The molecule has 78 valence electrons. The van der Waals surface area contributed by atoms with Gasteiger partial charge in [-0.3, -0.25) is 0 Å². The first-order valence-electron chi connectivity index (χ1n) is 3.45. The topological polar surface area (TPSA) is 12.5 Å². The Hall–Kier alpha value is -0.300. The van der Waals surface area contributed by atoms with Crippen molar-refractivity contribution in [3.63, 3.8) is 0 Å². The molecule has 0 aromatic rings. The summed E-state index contributed by atoms with van der Waals surface area (Å²) in [5.74, 6) is 0. The van der Waals surface area contributed by atoms with Gasteiger partial charge in [0.05, 0.1) is 12.2 Å². The van der Waals surface area contributed by atoms with Crippen molar-refractivity contribution >= 4 is 0 Å². The van der Waals surface area contributed by atoms with Crippen LogP contribution in [-0.2, 0) is 4.74 Å². The third-order valence-electron chi connectivity index (χ3n) is 1.35. The number of hydrogen-bond acceptors (Lipinski definition) is 1. The van der Waals surface area contributed by atoms with Crippen LogP contribution in [0, 0.1) is 0 Å². The molecular weight excluding hydrogens is 148 g/mol.